The Balaban J connectivity index is 1.74. The Bertz CT molecular complexity index is 849. The van der Waals surface area contributed by atoms with E-state index in [2.05, 4.69) is 98.0 Å². The van der Waals surface area contributed by atoms with Gasteiger partial charge in [-0.05, 0) is 46.2 Å². The molecule has 0 radical (unpaired) electrons. The van der Waals surface area contributed by atoms with Crippen LogP contribution in [0.1, 0.15) is 31.0 Å². The Labute approximate surface area is 144 Å². The second kappa shape index (κ2) is 5.83. The number of para-hydroxylation sites is 1. The van der Waals surface area contributed by atoms with Crippen LogP contribution in [0.15, 0.2) is 78.9 Å². The second-order valence-electron chi connectivity index (χ2n) is 7.39. The summed E-state index contributed by atoms with van der Waals surface area (Å²) in [5, 5.41) is 3.78. The number of anilines is 1. The van der Waals surface area contributed by atoms with Gasteiger partial charge in [0.15, 0.2) is 0 Å². The van der Waals surface area contributed by atoms with Gasteiger partial charge in [0.05, 0.1) is 6.04 Å². The van der Waals surface area contributed by atoms with Gasteiger partial charge in [-0.15, -0.1) is 0 Å². The molecule has 3 aromatic carbocycles. The van der Waals surface area contributed by atoms with Gasteiger partial charge in [0, 0.05) is 5.69 Å². The Morgan fingerprint density at radius 1 is 0.792 bits per heavy atom. The van der Waals surface area contributed by atoms with Gasteiger partial charge in [-0.1, -0.05) is 80.6 Å². The van der Waals surface area contributed by atoms with Crippen LogP contribution in [0.25, 0.3) is 11.1 Å². The molecule has 3 aromatic rings. The molecule has 1 atom stereocenters. The molecule has 1 heterocycles. The lowest BCUT2D eigenvalue weighted by molar-refractivity contribution is 0.295. The fourth-order valence-corrected chi connectivity index (χ4v) is 3.82. The van der Waals surface area contributed by atoms with Gasteiger partial charge in [-0.2, -0.15) is 0 Å². The van der Waals surface area contributed by atoms with Crippen LogP contribution in [0.3, 0.4) is 0 Å². The van der Waals surface area contributed by atoms with Crippen molar-refractivity contribution in [3.63, 3.8) is 0 Å². The number of benzene rings is 3. The van der Waals surface area contributed by atoms with Gasteiger partial charge in [0.1, 0.15) is 0 Å². The first-order valence-electron chi connectivity index (χ1n) is 8.63. The van der Waals surface area contributed by atoms with E-state index in [1.807, 2.05) is 0 Å². The van der Waals surface area contributed by atoms with Gasteiger partial charge in [-0.25, -0.2) is 0 Å². The molecule has 0 amide bonds. The van der Waals surface area contributed by atoms with Crippen molar-refractivity contribution in [1.29, 1.82) is 0 Å². The van der Waals surface area contributed by atoms with Crippen molar-refractivity contribution in [2.45, 2.75) is 26.3 Å². The number of rotatable bonds is 2. The first-order chi connectivity index (χ1) is 11.6. The third kappa shape index (κ3) is 2.71. The van der Waals surface area contributed by atoms with Crippen LogP contribution in [-0.2, 0) is 6.42 Å². The van der Waals surface area contributed by atoms with Crippen molar-refractivity contribution in [3.8, 4) is 11.1 Å². The largest absolute Gasteiger partial charge is 0.377 e. The maximum atomic E-state index is 3.78. The lowest BCUT2D eigenvalue weighted by Crippen LogP contribution is -2.34. The van der Waals surface area contributed by atoms with Crippen molar-refractivity contribution in [2.75, 3.05) is 5.32 Å². The molecule has 1 aliphatic rings. The molecule has 1 N–H and O–H groups in total. The zero-order valence-corrected chi connectivity index (χ0v) is 14.3. The lowest BCUT2D eigenvalue weighted by atomic mass is 9.72. The predicted octanol–water partition coefficient (Wildman–Crippen LogP) is 6.09. The summed E-state index contributed by atoms with van der Waals surface area (Å²) in [7, 11) is 0. The molecule has 0 aliphatic carbocycles. The standard InChI is InChI=1S/C23H23N/c1-23(2)16-20-11-6-7-14-21(20)24-22(23)19-13-8-12-18(15-19)17-9-4-3-5-10-17/h3-15,22,24H,16H2,1-2H3. The van der Waals surface area contributed by atoms with Gasteiger partial charge in [0.2, 0.25) is 0 Å². The molecule has 4 rings (SSSR count). The van der Waals surface area contributed by atoms with Crippen LogP contribution >= 0.6 is 0 Å². The van der Waals surface area contributed by atoms with E-state index in [9.17, 15) is 0 Å². The average molecular weight is 313 g/mol. The van der Waals surface area contributed by atoms with E-state index in [1.54, 1.807) is 0 Å². The number of hydrogen-bond donors (Lipinski definition) is 1. The number of fused-ring (bicyclic) bond motifs is 1. The molecule has 0 fully saturated rings. The summed E-state index contributed by atoms with van der Waals surface area (Å²) in [5.41, 5.74) is 6.77. The third-order valence-electron chi connectivity index (χ3n) is 5.07. The summed E-state index contributed by atoms with van der Waals surface area (Å²) in [5.74, 6) is 0. The Hall–Kier alpha value is -2.54. The molecule has 1 aliphatic heterocycles. The van der Waals surface area contributed by atoms with Crippen molar-refractivity contribution in [3.05, 3.63) is 90.0 Å². The van der Waals surface area contributed by atoms with Gasteiger partial charge in [0.25, 0.3) is 0 Å². The van der Waals surface area contributed by atoms with E-state index in [4.69, 9.17) is 0 Å². The van der Waals surface area contributed by atoms with Crippen molar-refractivity contribution in [2.24, 2.45) is 5.41 Å². The normalized spacial score (nSPS) is 18.5. The van der Waals surface area contributed by atoms with Crippen LogP contribution < -0.4 is 5.32 Å². The molecule has 0 spiro atoms. The molecule has 120 valence electrons. The van der Waals surface area contributed by atoms with Crippen LogP contribution in [0.4, 0.5) is 5.69 Å². The van der Waals surface area contributed by atoms with Gasteiger partial charge >= 0.3 is 0 Å². The minimum atomic E-state index is 0.170. The van der Waals surface area contributed by atoms with E-state index in [0.29, 0.717) is 6.04 Å². The lowest BCUT2D eigenvalue weighted by Gasteiger charge is -2.41. The minimum absolute atomic E-state index is 0.170. The van der Waals surface area contributed by atoms with Crippen LogP contribution in [0.5, 0.6) is 0 Å². The molecule has 0 aromatic heterocycles. The summed E-state index contributed by atoms with van der Waals surface area (Å²) in [6, 6.07) is 28.6. The average Bonchev–Trinajstić information content (AvgIpc) is 2.61. The first kappa shape index (κ1) is 15.0. The van der Waals surface area contributed by atoms with E-state index in [-0.39, 0.29) is 5.41 Å². The molecular formula is C23H23N. The second-order valence-corrected chi connectivity index (χ2v) is 7.39. The van der Waals surface area contributed by atoms with Gasteiger partial charge < -0.3 is 5.32 Å². The smallest absolute Gasteiger partial charge is 0.0568 e. The fourth-order valence-electron chi connectivity index (χ4n) is 3.82. The van der Waals surface area contributed by atoms with Gasteiger partial charge in [-0.3, -0.25) is 0 Å². The van der Waals surface area contributed by atoms with E-state index in [1.165, 1.54) is 27.9 Å². The maximum Gasteiger partial charge on any atom is 0.0568 e. The van der Waals surface area contributed by atoms with Crippen molar-refractivity contribution < 1.29 is 0 Å². The highest BCUT2D eigenvalue weighted by Gasteiger charge is 2.35. The highest BCUT2D eigenvalue weighted by atomic mass is 15.0. The Morgan fingerprint density at radius 3 is 2.33 bits per heavy atom. The summed E-state index contributed by atoms with van der Waals surface area (Å²) >= 11 is 0. The Kier molecular flexibility index (Phi) is 3.65. The fraction of sp³-hybridized carbons (Fsp3) is 0.217. The highest BCUT2D eigenvalue weighted by molar-refractivity contribution is 5.65. The van der Waals surface area contributed by atoms with E-state index < -0.39 is 0 Å². The SMILES string of the molecule is CC1(C)Cc2ccccc2NC1c1cccc(-c2ccccc2)c1. The van der Waals surface area contributed by atoms with Crippen molar-refractivity contribution >= 4 is 5.69 Å². The minimum Gasteiger partial charge on any atom is -0.377 e. The van der Waals surface area contributed by atoms with Crippen LogP contribution in [0, 0.1) is 5.41 Å². The van der Waals surface area contributed by atoms with E-state index in [0.717, 1.165) is 6.42 Å². The molecular weight excluding hydrogens is 290 g/mol. The van der Waals surface area contributed by atoms with E-state index >= 15 is 0 Å². The number of nitrogens with one attached hydrogen (secondary N) is 1. The maximum absolute atomic E-state index is 3.78. The predicted molar refractivity (Wildman–Crippen MR) is 102 cm³/mol. The molecule has 24 heavy (non-hydrogen) atoms. The number of hydrogen-bond acceptors (Lipinski definition) is 1. The topological polar surface area (TPSA) is 12.0 Å². The molecule has 0 saturated heterocycles. The molecule has 1 nitrogen and oxygen atoms in total. The molecule has 0 bridgehead atoms. The monoisotopic (exact) mass is 313 g/mol. The van der Waals surface area contributed by atoms with Crippen LogP contribution in [-0.4, -0.2) is 0 Å². The molecule has 1 unspecified atom stereocenters. The molecule has 0 saturated carbocycles. The summed E-state index contributed by atoms with van der Waals surface area (Å²) in [6.45, 7) is 4.71. The summed E-state index contributed by atoms with van der Waals surface area (Å²) in [4.78, 5) is 0. The Morgan fingerprint density at radius 2 is 1.50 bits per heavy atom. The zero-order chi connectivity index (χ0) is 16.6. The summed E-state index contributed by atoms with van der Waals surface area (Å²) in [6.07, 6.45) is 1.09. The highest BCUT2D eigenvalue weighted by Crippen LogP contribution is 2.45. The molecule has 1 heteroatoms. The zero-order valence-electron chi connectivity index (χ0n) is 14.3. The third-order valence-corrected chi connectivity index (χ3v) is 5.07. The van der Waals surface area contributed by atoms with Crippen molar-refractivity contribution in [1.82, 2.24) is 0 Å². The first-order valence-corrected chi connectivity index (χ1v) is 8.63. The quantitative estimate of drug-likeness (QED) is 0.603. The summed E-state index contributed by atoms with van der Waals surface area (Å²) < 4.78 is 0. The van der Waals surface area contributed by atoms with Crippen LogP contribution in [0.2, 0.25) is 0 Å².